The van der Waals surface area contributed by atoms with Crippen LogP contribution in [0.2, 0.25) is 0 Å². The van der Waals surface area contributed by atoms with E-state index >= 15 is 0 Å². The minimum Gasteiger partial charge on any atom is -0.492 e. The SMILES string of the molecule is Cc1ccc(C(CO)COc2ccccc2Br)o1. The highest BCUT2D eigenvalue weighted by Crippen LogP contribution is 2.26. The van der Waals surface area contributed by atoms with E-state index in [1.54, 1.807) is 0 Å². The first kappa shape index (κ1) is 13.2. The minimum absolute atomic E-state index is 0.00257. The summed E-state index contributed by atoms with van der Waals surface area (Å²) in [5.74, 6) is 2.21. The van der Waals surface area contributed by atoms with E-state index in [2.05, 4.69) is 15.9 Å². The summed E-state index contributed by atoms with van der Waals surface area (Å²) in [5.41, 5.74) is 0. The second-order valence-electron chi connectivity index (χ2n) is 4.07. The van der Waals surface area contributed by atoms with Gasteiger partial charge >= 0.3 is 0 Å². The Balaban J connectivity index is 2.02. The molecule has 0 fully saturated rings. The first-order chi connectivity index (χ1) is 8.70. The molecule has 0 aliphatic heterocycles. The van der Waals surface area contributed by atoms with Crippen LogP contribution in [0.4, 0.5) is 0 Å². The van der Waals surface area contributed by atoms with Crippen molar-refractivity contribution in [3.63, 3.8) is 0 Å². The Kier molecular flexibility index (Phi) is 4.44. The maximum atomic E-state index is 9.38. The van der Waals surface area contributed by atoms with E-state index in [-0.39, 0.29) is 12.5 Å². The summed E-state index contributed by atoms with van der Waals surface area (Å²) in [5, 5.41) is 9.38. The molecule has 0 bridgehead atoms. The molecule has 1 unspecified atom stereocenters. The van der Waals surface area contributed by atoms with Crippen LogP contribution >= 0.6 is 15.9 Å². The van der Waals surface area contributed by atoms with Gasteiger partial charge in [-0.2, -0.15) is 0 Å². The molecular weight excluding hydrogens is 296 g/mol. The largest absolute Gasteiger partial charge is 0.492 e. The minimum atomic E-state index is -0.147. The predicted molar refractivity (Wildman–Crippen MR) is 72.9 cm³/mol. The van der Waals surface area contributed by atoms with Gasteiger partial charge in [-0.3, -0.25) is 0 Å². The molecule has 0 spiro atoms. The topological polar surface area (TPSA) is 42.6 Å². The molecule has 18 heavy (non-hydrogen) atoms. The summed E-state index contributed by atoms with van der Waals surface area (Å²) in [7, 11) is 0. The van der Waals surface area contributed by atoms with Crippen LogP contribution in [0.5, 0.6) is 5.75 Å². The zero-order valence-corrected chi connectivity index (χ0v) is 11.7. The number of hydrogen-bond donors (Lipinski definition) is 1. The van der Waals surface area contributed by atoms with Gasteiger partial charge in [0.1, 0.15) is 23.9 Å². The molecule has 96 valence electrons. The summed E-state index contributed by atoms with van der Waals surface area (Å²) in [6.07, 6.45) is 0. The van der Waals surface area contributed by atoms with Gasteiger partial charge in [0.05, 0.1) is 17.0 Å². The Morgan fingerprint density at radius 2 is 2.06 bits per heavy atom. The molecule has 4 heteroatoms. The Morgan fingerprint density at radius 1 is 1.28 bits per heavy atom. The van der Waals surface area contributed by atoms with Crippen LogP contribution in [0, 0.1) is 6.92 Å². The van der Waals surface area contributed by atoms with Crippen molar-refractivity contribution in [2.24, 2.45) is 0 Å². The Hall–Kier alpha value is -1.26. The van der Waals surface area contributed by atoms with Gasteiger partial charge in [-0.15, -0.1) is 0 Å². The van der Waals surface area contributed by atoms with Crippen LogP contribution in [0.15, 0.2) is 45.3 Å². The number of para-hydroxylation sites is 1. The second kappa shape index (κ2) is 6.07. The van der Waals surface area contributed by atoms with Gasteiger partial charge in [0.15, 0.2) is 0 Å². The molecule has 2 rings (SSSR count). The van der Waals surface area contributed by atoms with Crippen molar-refractivity contribution < 1.29 is 14.3 Å². The van der Waals surface area contributed by atoms with Crippen LogP contribution in [0.25, 0.3) is 0 Å². The fourth-order valence-corrected chi connectivity index (χ4v) is 2.05. The molecule has 1 aromatic heterocycles. The van der Waals surface area contributed by atoms with Gasteiger partial charge in [0, 0.05) is 0 Å². The first-order valence-corrected chi connectivity index (χ1v) is 6.54. The number of aryl methyl sites for hydroxylation is 1. The number of aliphatic hydroxyl groups excluding tert-OH is 1. The molecular formula is C14H15BrO3. The highest BCUT2D eigenvalue weighted by molar-refractivity contribution is 9.10. The molecule has 0 aliphatic rings. The fraction of sp³-hybridized carbons (Fsp3) is 0.286. The highest BCUT2D eigenvalue weighted by atomic mass is 79.9. The lowest BCUT2D eigenvalue weighted by Crippen LogP contribution is -2.13. The second-order valence-corrected chi connectivity index (χ2v) is 4.92. The molecule has 0 saturated heterocycles. The van der Waals surface area contributed by atoms with Gasteiger partial charge in [-0.05, 0) is 47.1 Å². The van der Waals surface area contributed by atoms with Crippen LogP contribution in [-0.4, -0.2) is 18.3 Å². The van der Waals surface area contributed by atoms with Gasteiger partial charge in [-0.1, -0.05) is 12.1 Å². The van der Waals surface area contributed by atoms with Crippen molar-refractivity contribution in [1.29, 1.82) is 0 Å². The van der Waals surface area contributed by atoms with E-state index in [0.717, 1.165) is 21.7 Å². The monoisotopic (exact) mass is 310 g/mol. The molecule has 1 aromatic carbocycles. The van der Waals surface area contributed by atoms with E-state index in [4.69, 9.17) is 9.15 Å². The van der Waals surface area contributed by atoms with Crippen molar-refractivity contribution in [2.75, 3.05) is 13.2 Å². The van der Waals surface area contributed by atoms with E-state index in [1.807, 2.05) is 43.3 Å². The fourth-order valence-electron chi connectivity index (χ4n) is 1.65. The third kappa shape index (κ3) is 3.15. The van der Waals surface area contributed by atoms with Crippen molar-refractivity contribution in [2.45, 2.75) is 12.8 Å². The molecule has 1 atom stereocenters. The maximum Gasteiger partial charge on any atom is 0.133 e. The van der Waals surface area contributed by atoms with Gasteiger partial charge < -0.3 is 14.3 Å². The summed E-state index contributed by atoms with van der Waals surface area (Å²) in [6.45, 7) is 2.26. The molecule has 0 saturated carbocycles. The zero-order chi connectivity index (χ0) is 13.0. The number of aliphatic hydroxyl groups is 1. The van der Waals surface area contributed by atoms with Crippen LogP contribution in [0.1, 0.15) is 17.4 Å². The van der Waals surface area contributed by atoms with Crippen molar-refractivity contribution in [1.82, 2.24) is 0 Å². The average Bonchev–Trinajstić information content (AvgIpc) is 2.79. The molecule has 0 amide bonds. The molecule has 3 nitrogen and oxygen atoms in total. The maximum absolute atomic E-state index is 9.38. The van der Waals surface area contributed by atoms with Crippen LogP contribution < -0.4 is 4.74 Å². The lowest BCUT2D eigenvalue weighted by Gasteiger charge is -2.14. The van der Waals surface area contributed by atoms with Gasteiger partial charge in [0.25, 0.3) is 0 Å². The van der Waals surface area contributed by atoms with Crippen molar-refractivity contribution in [3.05, 3.63) is 52.4 Å². The first-order valence-electron chi connectivity index (χ1n) is 5.75. The Morgan fingerprint density at radius 3 is 2.67 bits per heavy atom. The third-order valence-corrected chi connectivity index (χ3v) is 3.32. The molecule has 2 aromatic rings. The van der Waals surface area contributed by atoms with E-state index < -0.39 is 0 Å². The lowest BCUT2D eigenvalue weighted by molar-refractivity contribution is 0.189. The average molecular weight is 311 g/mol. The Labute approximate surface area is 115 Å². The molecule has 0 radical (unpaired) electrons. The van der Waals surface area contributed by atoms with Crippen molar-refractivity contribution >= 4 is 15.9 Å². The third-order valence-electron chi connectivity index (χ3n) is 2.66. The summed E-state index contributed by atoms with van der Waals surface area (Å²) >= 11 is 3.42. The quantitative estimate of drug-likeness (QED) is 0.919. The normalized spacial score (nSPS) is 12.4. The number of furan rings is 1. The molecule has 1 N–H and O–H groups in total. The van der Waals surface area contributed by atoms with Gasteiger partial charge in [-0.25, -0.2) is 0 Å². The number of benzene rings is 1. The zero-order valence-electron chi connectivity index (χ0n) is 10.1. The Bertz CT molecular complexity index is 507. The summed E-state index contributed by atoms with van der Waals surface area (Å²) in [4.78, 5) is 0. The number of rotatable bonds is 5. The standard InChI is InChI=1S/C14H15BrO3/c1-10-6-7-13(18-10)11(8-16)9-17-14-5-3-2-4-12(14)15/h2-7,11,16H,8-9H2,1H3. The smallest absolute Gasteiger partial charge is 0.133 e. The molecule has 1 heterocycles. The highest BCUT2D eigenvalue weighted by Gasteiger charge is 2.15. The van der Waals surface area contributed by atoms with E-state index in [9.17, 15) is 5.11 Å². The van der Waals surface area contributed by atoms with Gasteiger partial charge in [0.2, 0.25) is 0 Å². The predicted octanol–water partition coefficient (Wildman–Crippen LogP) is 3.51. The van der Waals surface area contributed by atoms with Crippen LogP contribution in [-0.2, 0) is 0 Å². The number of halogens is 1. The summed E-state index contributed by atoms with van der Waals surface area (Å²) < 4.78 is 12.1. The number of hydrogen-bond acceptors (Lipinski definition) is 3. The van der Waals surface area contributed by atoms with E-state index in [0.29, 0.717) is 6.61 Å². The van der Waals surface area contributed by atoms with E-state index in [1.165, 1.54) is 0 Å². The number of ether oxygens (including phenoxy) is 1. The van der Waals surface area contributed by atoms with Crippen molar-refractivity contribution in [3.8, 4) is 5.75 Å². The van der Waals surface area contributed by atoms with Crippen LogP contribution in [0.3, 0.4) is 0 Å². The summed E-state index contributed by atoms with van der Waals surface area (Å²) in [6, 6.07) is 11.4. The molecule has 0 aliphatic carbocycles. The lowest BCUT2D eigenvalue weighted by atomic mass is 10.1.